The molecule has 0 aliphatic heterocycles. The van der Waals surface area contributed by atoms with Gasteiger partial charge in [0.1, 0.15) is 5.75 Å². The number of methoxy groups -OCH3 is 1. The van der Waals surface area contributed by atoms with Crippen molar-refractivity contribution in [2.75, 3.05) is 7.11 Å². The molecule has 0 amide bonds. The zero-order chi connectivity index (χ0) is 12.3. The summed E-state index contributed by atoms with van der Waals surface area (Å²) in [6.45, 7) is 0. The summed E-state index contributed by atoms with van der Waals surface area (Å²) in [6.07, 6.45) is 0. The van der Waals surface area contributed by atoms with Gasteiger partial charge < -0.3 is 4.74 Å². The minimum atomic E-state index is 0.665. The van der Waals surface area contributed by atoms with Crippen LogP contribution in [0.15, 0.2) is 46.9 Å². The molecule has 0 bridgehead atoms. The molecule has 0 heterocycles. The van der Waals surface area contributed by atoms with Crippen molar-refractivity contribution in [2.24, 2.45) is 0 Å². The van der Waals surface area contributed by atoms with Gasteiger partial charge >= 0.3 is 0 Å². The maximum atomic E-state index is 8.74. The topological polar surface area (TPSA) is 33.0 Å². The van der Waals surface area contributed by atoms with E-state index < -0.39 is 0 Å². The zero-order valence-corrected chi connectivity index (χ0v) is 10.9. The van der Waals surface area contributed by atoms with Gasteiger partial charge in [0.15, 0.2) is 0 Å². The van der Waals surface area contributed by atoms with Crippen LogP contribution in [-0.4, -0.2) is 7.11 Å². The Hall–Kier alpha value is -1.79. The van der Waals surface area contributed by atoms with E-state index in [0.717, 1.165) is 21.3 Å². The van der Waals surface area contributed by atoms with Crippen molar-refractivity contribution in [3.8, 4) is 22.9 Å². The molecular formula is C14H10BrNO. The van der Waals surface area contributed by atoms with E-state index in [4.69, 9.17) is 10.00 Å². The van der Waals surface area contributed by atoms with Gasteiger partial charge in [-0.25, -0.2) is 0 Å². The second-order valence-corrected chi connectivity index (χ2v) is 4.39. The average Bonchev–Trinajstić information content (AvgIpc) is 2.39. The van der Waals surface area contributed by atoms with Crippen molar-refractivity contribution >= 4 is 15.9 Å². The predicted molar refractivity (Wildman–Crippen MR) is 70.8 cm³/mol. The third kappa shape index (κ3) is 2.48. The number of hydrogen-bond acceptors (Lipinski definition) is 2. The molecule has 0 spiro atoms. The van der Waals surface area contributed by atoms with Crippen LogP contribution in [0.5, 0.6) is 5.75 Å². The van der Waals surface area contributed by atoms with E-state index in [0.29, 0.717) is 5.56 Å². The number of hydrogen-bond donors (Lipinski definition) is 0. The van der Waals surface area contributed by atoms with E-state index in [2.05, 4.69) is 22.0 Å². The molecule has 0 unspecified atom stereocenters. The largest absolute Gasteiger partial charge is 0.496 e. The first-order valence-electron chi connectivity index (χ1n) is 5.08. The highest BCUT2D eigenvalue weighted by Gasteiger charge is 2.03. The van der Waals surface area contributed by atoms with E-state index >= 15 is 0 Å². The molecule has 3 heteroatoms. The van der Waals surface area contributed by atoms with E-state index in [1.807, 2.05) is 42.5 Å². The standard InChI is InChI=1S/C14H10BrNO/c1-17-14-8-12(6-7-13(14)15)11-4-2-10(9-16)3-5-11/h2-8H,1H3. The number of halogens is 1. The molecule has 0 fully saturated rings. The number of benzene rings is 2. The molecule has 0 aliphatic rings. The van der Waals surface area contributed by atoms with Crippen LogP contribution < -0.4 is 4.74 Å². The molecule has 17 heavy (non-hydrogen) atoms. The van der Waals surface area contributed by atoms with Crippen LogP contribution in [0.25, 0.3) is 11.1 Å². The summed E-state index contributed by atoms with van der Waals surface area (Å²) in [7, 11) is 1.64. The number of ether oxygens (including phenoxy) is 1. The predicted octanol–water partition coefficient (Wildman–Crippen LogP) is 4.00. The molecule has 0 aromatic heterocycles. The van der Waals surface area contributed by atoms with Gasteiger partial charge in [-0.15, -0.1) is 0 Å². The van der Waals surface area contributed by atoms with Crippen molar-refractivity contribution in [1.29, 1.82) is 5.26 Å². The van der Waals surface area contributed by atoms with E-state index in [9.17, 15) is 0 Å². The lowest BCUT2D eigenvalue weighted by Gasteiger charge is -2.07. The van der Waals surface area contributed by atoms with Crippen LogP contribution in [0, 0.1) is 11.3 Å². The van der Waals surface area contributed by atoms with Crippen LogP contribution in [0.2, 0.25) is 0 Å². The minimum Gasteiger partial charge on any atom is -0.496 e. The van der Waals surface area contributed by atoms with Crippen LogP contribution in [0.3, 0.4) is 0 Å². The smallest absolute Gasteiger partial charge is 0.133 e. The summed E-state index contributed by atoms with van der Waals surface area (Å²) in [5.41, 5.74) is 2.79. The van der Waals surface area contributed by atoms with Gasteiger partial charge in [-0.3, -0.25) is 0 Å². The van der Waals surface area contributed by atoms with E-state index in [-0.39, 0.29) is 0 Å². The quantitative estimate of drug-likeness (QED) is 0.837. The molecule has 0 atom stereocenters. The second-order valence-electron chi connectivity index (χ2n) is 3.54. The SMILES string of the molecule is COc1cc(-c2ccc(C#N)cc2)ccc1Br. The molecule has 0 N–H and O–H groups in total. The van der Waals surface area contributed by atoms with Crippen molar-refractivity contribution in [3.63, 3.8) is 0 Å². The highest BCUT2D eigenvalue weighted by molar-refractivity contribution is 9.10. The highest BCUT2D eigenvalue weighted by Crippen LogP contribution is 2.30. The number of rotatable bonds is 2. The van der Waals surface area contributed by atoms with Crippen molar-refractivity contribution in [3.05, 3.63) is 52.5 Å². The fourth-order valence-corrected chi connectivity index (χ4v) is 1.99. The lowest BCUT2D eigenvalue weighted by Crippen LogP contribution is -1.86. The van der Waals surface area contributed by atoms with Gasteiger partial charge in [0.2, 0.25) is 0 Å². The summed E-state index contributed by atoms with van der Waals surface area (Å²) in [5.74, 6) is 0.798. The first kappa shape index (κ1) is 11.7. The Labute approximate surface area is 109 Å². The lowest BCUT2D eigenvalue weighted by molar-refractivity contribution is 0.412. The van der Waals surface area contributed by atoms with Crippen LogP contribution in [-0.2, 0) is 0 Å². The van der Waals surface area contributed by atoms with Crippen molar-refractivity contribution < 1.29 is 4.74 Å². The molecule has 0 radical (unpaired) electrons. The molecule has 2 rings (SSSR count). The van der Waals surface area contributed by atoms with E-state index in [1.54, 1.807) is 7.11 Å². The normalized spacial score (nSPS) is 9.71. The third-order valence-electron chi connectivity index (χ3n) is 2.50. The van der Waals surface area contributed by atoms with Gasteiger partial charge in [0.25, 0.3) is 0 Å². The highest BCUT2D eigenvalue weighted by atomic mass is 79.9. The second kappa shape index (κ2) is 5.03. The Morgan fingerprint density at radius 1 is 1.06 bits per heavy atom. The minimum absolute atomic E-state index is 0.665. The van der Waals surface area contributed by atoms with Gasteiger partial charge in [0.05, 0.1) is 23.2 Å². The fraction of sp³-hybridized carbons (Fsp3) is 0.0714. The maximum Gasteiger partial charge on any atom is 0.133 e. The summed E-state index contributed by atoms with van der Waals surface area (Å²) >= 11 is 3.42. The summed E-state index contributed by atoms with van der Waals surface area (Å²) in [4.78, 5) is 0. The fourth-order valence-electron chi connectivity index (χ4n) is 1.58. The van der Waals surface area contributed by atoms with E-state index in [1.165, 1.54) is 0 Å². The molecule has 2 aromatic rings. The van der Waals surface area contributed by atoms with Crippen LogP contribution in [0.4, 0.5) is 0 Å². The first-order valence-corrected chi connectivity index (χ1v) is 5.88. The monoisotopic (exact) mass is 287 g/mol. The number of nitrogens with zero attached hydrogens (tertiary/aromatic N) is 1. The van der Waals surface area contributed by atoms with Crippen LogP contribution in [0.1, 0.15) is 5.56 Å². The molecule has 84 valence electrons. The van der Waals surface area contributed by atoms with Gasteiger partial charge in [-0.1, -0.05) is 18.2 Å². The Kier molecular flexibility index (Phi) is 3.46. The zero-order valence-electron chi connectivity index (χ0n) is 9.27. The van der Waals surface area contributed by atoms with Gasteiger partial charge in [0, 0.05) is 0 Å². The molecule has 0 saturated heterocycles. The van der Waals surface area contributed by atoms with Crippen LogP contribution >= 0.6 is 15.9 Å². The Morgan fingerprint density at radius 2 is 1.71 bits per heavy atom. The molecular weight excluding hydrogens is 278 g/mol. The van der Waals surface area contributed by atoms with Crippen molar-refractivity contribution in [2.45, 2.75) is 0 Å². The molecule has 0 saturated carbocycles. The maximum absolute atomic E-state index is 8.74. The van der Waals surface area contributed by atoms with Crippen molar-refractivity contribution in [1.82, 2.24) is 0 Å². The summed E-state index contributed by atoms with van der Waals surface area (Å²) in [5, 5.41) is 8.74. The third-order valence-corrected chi connectivity index (χ3v) is 3.15. The molecule has 0 aliphatic carbocycles. The molecule has 2 nitrogen and oxygen atoms in total. The Morgan fingerprint density at radius 3 is 2.29 bits per heavy atom. The summed E-state index contributed by atoms with van der Waals surface area (Å²) < 4.78 is 6.18. The first-order chi connectivity index (χ1) is 8.24. The van der Waals surface area contributed by atoms with Gasteiger partial charge in [-0.05, 0) is 51.3 Å². The number of nitriles is 1. The summed E-state index contributed by atoms with van der Waals surface area (Å²) in [6, 6.07) is 15.5. The molecule has 2 aromatic carbocycles. The Balaban J connectivity index is 2.42. The lowest BCUT2D eigenvalue weighted by atomic mass is 10.0. The average molecular weight is 288 g/mol. The van der Waals surface area contributed by atoms with Gasteiger partial charge in [-0.2, -0.15) is 5.26 Å². The Bertz CT molecular complexity index is 570.